The van der Waals surface area contributed by atoms with E-state index in [1.165, 1.54) is 0 Å². The third-order valence-electron chi connectivity index (χ3n) is 1.46. The molecule has 0 heterocycles. The minimum atomic E-state index is 0.256. The second-order valence-electron chi connectivity index (χ2n) is 2.27. The summed E-state index contributed by atoms with van der Waals surface area (Å²) in [6.45, 7) is 3.61. The van der Waals surface area contributed by atoms with E-state index in [-0.39, 0.29) is 5.75 Å². The summed E-state index contributed by atoms with van der Waals surface area (Å²) in [7, 11) is 1.81. The minimum Gasteiger partial charge on any atom is -0.508 e. The highest BCUT2D eigenvalue weighted by molar-refractivity contribution is 5.59. The Hall–Kier alpha value is -1.44. The molecule has 1 aromatic rings. The van der Waals surface area contributed by atoms with Gasteiger partial charge in [-0.1, -0.05) is 12.7 Å². The molecule has 11 heavy (non-hydrogen) atoms. The van der Waals surface area contributed by atoms with E-state index in [1.807, 2.05) is 13.1 Å². The lowest BCUT2D eigenvalue weighted by Crippen LogP contribution is -1.87. The van der Waals surface area contributed by atoms with Gasteiger partial charge in [0.05, 0.1) is 0 Å². The first-order chi connectivity index (χ1) is 5.26. The van der Waals surface area contributed by atoms with Crippen LogP contribution in [0, 0.1) is 0 Å². The van der Waals surface area contributed by atoms with Crippen LogP contribution in [0.5, 0.6) is 5.75 Å². The van der Waals surface area contributed by atoms with Gasteiger partial charge in [0.2, 0.25) is 0 Å². The van der Waals surface area contributed by atoms with Gasteiger partial charge in [-0.3, -0.25) is 0 Å². The van der Waals surface area contributed by atoms with Crippen LogP contribution in [0.15, 0.2) is 24.8 Å². The zero-order valence-corrected chi connectivity index (χ0v) is 6.46. The highest BCUT2D eigenvalue weighted by Gasteiger charge is 1.94. The summed E-state index contributed by atoms with van der Waals surface area (Å²) in [6.07, 6.45) is 1.69. The molecule has 0 saturated carbocycles. The van der Waals surface area contributed by atoms with E-state index in [1.54, 1.807) is 18.2 Å². The lowest BCUT2D eigenvalue weighted by atomic mass is 10.2. The predicted molar refractivity (Wildman–Crippen MR) is 47.7 cm³/mol. The van der Waals surface area contributed by atoms with Crippen molar-refractivity contribution in [3.8, 4) is 5.75 Å². The van der Waals surface area contributed by atoms with Gasteiger partial charge in [0.25, 0.3) is 0 Å². The first-order valence-corrected chi connectivity index (χ1v) is 3.40. The molecule has 0 amide bonds. The summed E-state index contributed by atoms with van der Waals surface area (Å²) in [5.41, 5.74) is 1.80. The maximum Gasteiger partial charge on any atom is 0.118 e. The molecule has 0 bridgehead atoms. The Morgan fingerprint density at radius 3 is 2.73 bits per heavy atom. The largest absolute Gasteiger partial charge is 0.508 e. The molecule has 0 aromatic heterocycles. The Morgan fingerprint density at radius 2 is 2.18 bits per heavy atom. The molecule has 0 aliphatic rings. The molecular formula is C9H11NO. The van der Waals surface area contributed by atoms with Crippen molar-refractivity contribution in [2.24, 2.45) is 0 Å². The summed E-state index contributed by atoms with van der Waals surface area (Å²) >= 11 is 0. The van der Waals surface area contributed by atoms with Gasteiger partial charge in [-0.25, -0.2) is 0 Å². The molecule has 1 aromatic carbocycles. The summed E-state index contributed by atoms with van der Waals surface area (Å²) in [4.78, 5) is 0. The van der Waals surface area contributed by atoms with Gasteiger partial charge < -0.3 is 10.4 Å². The average molecular weight is 149 g/mol. The van der Waals surface area contributed by atoms with Crippen molar-refractivity contribution in [1.29, 1.82) is 0 Å². The van der Waals surface area contributed by atoms with Crippen LogP contribution >= 0.6 is 0 Å². The molecule has 0 aliphatic heterocycles. The molecular weight excluding hydrogens is 138 g/mol. The number of phenols is 1. The maximum absolute atomic E-state index is 9.17. The molecule has 2 N–H and O–H groups in total. The number of aromatic hydroxyl groups is 1. The Morgan fingerprint density at radius 1 is 1.45 bits per heavy atom. The van der Waals surface area contributed by atoms with Crippen LogP contribution in [0.2, 0.25) is 0 Å². The second kappa shape index (κ2) is 3.10. The van der Waals surface area contributed by atoms with Crippen molar-refractivity contribution < 1.29 is 5.11 Å². The Kier molecular flexibility index (Phi) is 2.16. The molecule has 0 spiro atoms. The Bertz CT molecular complexity index is 268. The molecule has 0 aliphatic carbocycles. The van der Waals surface area contributed by atoms with Gasteiger partial charge in [0, 0.05) is 18.8 Å². The van der Waals surface area contributed by atoms with Gasteiger partial charge >= 0.3 is 0 Å². The molecule has 0 atom stereocenters. The fourth-order valence-electron chi connectivity index (χ4n) is 0.897. The number of rotatable bonds is 2. The van der Waals surface area contributed by atoms with Crippen LogP contribution in [-0.4, -0.2) is 12.2 Å². The van der Waals surface area contributed by atoms with Gasteiger partial charge in [-0.05, 0) is 17.7 Å². The molecule has 0 unspecified atom stereocenters. The second-order valence-corrected chi connectivity index (χ2v) is 2.27. The van der Waals surface area contributed by atoms with Gasteiger partial charge in [-0.2, -0.15) is 0 Å². The van der Waals surface area contributed by atoms with Gasteiger partial charge in [-0.15, -0.1) is 0 Å². The molecule has 1 rings (SSSR count). The molecule has 0 saturated heterocycles. The van der Waals surface area contributed by atoms with Crippen LogP contribution in [-0.2, 0) is 0 Å². The zero-order chi connectivity index (χ0) is 8.27. The summed E-state index contributed by atoms with van der Waals surface area (Å²) in [5.74, 6) is 0.256. The number of hydrogen-bond donors (Lipinski definition) is 2. The fraction of sp³-hybridized carbons (Fsp3) is 0.111. The third-order valence-corrected chi connectivity index (χ3v) is 1.46. The molecule has 0 fully saturated rings. The van der Waals surface area contributed by atoms with Crippen LogP contribution in [0.4, 0.5) is 5.69 Å². The van der Waals surface area contributed by atoms with Crippen molar-refractivity contribution in [2.75, 3.05) is 12.4 Å². The molecule has 2 heteroatoms. The predicted octanol–water partition coefficient (Wildman–Crippen LogP) is 2.08. The lowest BCUT2D eigenvalue weighted by molar-refractivity contribution is 0.475. The molecule has 58 valence electrons. The van der Waals surface area contributed by atoms with E-state index >= 15 is 0 Å². The van der Waals surface area contributed by atoms with E-state index in [4.69, 9.17) is 5.11 Å². The van der Waals surface area contributed by atoms with Gasteiger partial charge in [0.15, 0.2) is 0 Å². The monoisotopic (exact) mass is 149 g/mol. The topological polar surface area (TPSA) is 32.3 Å². The van der Waals surface area contributed by atoms with Crippen LogP contribution in [0.3, 0.4) is 0 Å². The zero-order valence-electron chi connectivity index (χ0n) is 6.46. The molecule has 2 nitrogen and oxygen atoms in total. The van der Waals surface area contributed by atoms with E-state index < -0.39 is 0 Å². The Balaban J connectivity index is 3.11. The van der Waals surface area contributed by atoms with Crippen molar-refractivity contribution in [3.63, 3.8) is 0 Å². The number of hydrogen-bond acceptors (Lipinski definition) is 2. The van der Waals surface area contributed by atoms with Crippen LogP contribution < -0.4 is 5.32 Å². The van der Waals surface area contributed by atoms with Crippen LogP contribution in [0.1, 0.15) is 5.56 Å². The number of nitrogens with one attached hydrogen (secondary N) is 1. The number of phenolic OH excluding ortho intramolecular Hbond substituents is 1. The van der Waals surface area contributed by atoms with E-state index in [2.05, 4.69) is 11.9 Å². The minimum absolute atomic E-state index is 0.256. The first kappa shape index (κ1) is 7.66. The van der Waals surface area contributed by atoms with Crippen LogP contribution in [0.25, 0.3) is 6.08 Å². The summed E-state index contributed by atoms with van der Waals surface area (Å²) < 4.78 is 0. The highest BCUT2D eigenvalue weighted by Crippen LogP contribution is 2.19. The average Bonchev–Trinajstić information content (AvgIpc) is 2.03. The standard InChI is InChI=1S/C9H11NO/c1-3-7-4-8(10-2)6-9(11)5-7/h3-6,10-11H,1H2,2H3. The van der Waals surface area contributed by atoms with E-state index in [0.29, 0.717) is 0 Å². The van der Waals surface area contributed by atoms with Crippen molar-refractivity contribution in [2.45, 2.75) is 0 Å². The van der Waals surface area contributed by atoms with Crippen molar-refractivity contribution in [1.82, 2.24) is 0 Å². The number of benzene rings is 1. The maximum atomic E-state index is 9.17. The smallest absolute Gasteiger partial charge is 0.118 e. The summed E-state index contributed by atoms with van der Waals surface area (Å²) in [5, 5.41) is 12.1. The van der Waals surface area contributed by atoms with Crippen molar-refractivity contribution >= 4 is 11.8 Å². The quantitative estimate of drug-likeness (QED) is 0.674. The van der Waals surface area contributed by atoms with Gasteiger partial charge in [0.1, 0.15) is 5.75 Å². The fourth-order valence-corrected chi connectivity index (χ4v) is 0.897. The summed E-state index contributed by atoms with van der Waals surface area (Å²) in [6, 6.07) is 5.23. The molecule has 0 radical (unpaired) electrons. The normalized spacial score (nSPS) is 9.18. The SMILES string of the molecule is C=Cc1cc(O)cc(NC)c1. The first-order valence-electron chi connectivity index (χ1n) is 3.40. The Labute approximate surface area is 66.2 Å². The van der Waals surface area contributed by atoms with Crippen molar-refractivity contribution in [3.05, 3.63) is 30.3 Å². The highest BCUT2D eigenvalue weighted by atomic mass is 16.3. The number of anilines is 1. The van der Waals surface area contributed by atoms with E-state index in [9.17, 15) is 0 Å². The lowest BCUT2D eigenvalue weighted by Gasteiger charge is -2.02. The van der Waals surface area contributed by atoms with E-state index in [0.717, 1.165) is 11.3 Å². The third kappa shape index (κ3) is 1.74.